The van der Waals surface area contributed by atoms with Crippen LogP contribution in [-0.2, 0) is 0 Å². The van der Waals surface area contributed by atoms with E-state index in [2.05, 4.69) is 4.98 Å². The van der Waals surface area contributed by atoms with Gasteiger partial charge in [0, 0.05) is 18.3 Å². The van der Waals surface area contributed by atoms with Gasteiger partial charge in [0.05, 0.1) is 10.6 Å². The molecule has 0 atom stereocenters. The van der Waals surface area contributed by atoms with Crippen LogP contribution in [0.1, 0.15) is 0 Å². The van der Waals surface area contributed by atoms with Crippen LogP contribution >= 0.6 is 0 Å². The first kappa shape index (κ1) is 13.8. The van der Waals surface area contributed by atoms with Gasteiger partial charge in [-0.05, 0) is 24.3 Å². The molecule has 1 aromatic heterocycles. The lowest BCUT2D eigenvalue weighted by atomic mass is 10.2. The van der Waals surface area contributed by atoms with E-state index in [-0.39, 0.29) is 22.1 Å². The van der Waals surface area contributed by atoms with Gasteiger partial charge in [0.1, 0.15) is 5.82 Å². The minimum absolute atomic E-state index is 0.0523. The van der Waals surface area contributed by atoms with Gasteiger partial charge in [0.2, 0.25) is 0 Å². The molecule has 104 valence electrons. The van der Waals surface area contributed by atoms with Crippen LogP contribution in [0.25, 0.3) is 0 Å². The van der Waals surface area contributed by atoms with Crippen molar-refractivity contribution in [2.75, 3.05) is 4.90 Å². The van der Waals surface area contributed by atoms with Crippen LogP contribution in [0.2, 0.25) is 0 Å². The van der Waals surface area contributed by atoms with Crippen molar-refractivity contribution in [3.63, 3.8) is 0 Å². The highest BCUT2D eigenvalue weighted by molar-refractivity contribution is 5.62. The average molecular weight is 283 g/mol. The number of hydrogen-bond donors (Lipinski definition) is 0. The van der Waals surface area contributed by atoms with Gasteiger partial charge >= 0.3 is 6.30 Å². The summed E-state index contributed by atoms with van der Waals surface area (Å²) in [6, 6.07) is 8.20. The molecule has 1 heterocycles. The Morgan fingerprint density at radius 2 is 1.75 bits per heavy atom. The van der Waals surface area contributed by atoms with Gasteiger partial charge in [-0.2, -0.15) is 0 Å². The molecule has 0 N–H and O–H groups in total. The zero-order chi connectivity index (χ0) is 14.8. The quantitative estimate of drug-likeness (QED) is 0.490. The molecule has 0 radical (unpaired) electrons. The lowest BCUT2D eigenvalue weighted by Crippen LogP contribution is -2.34. The molecule has 2 aromatic rings. The Hall–Kier alpha value is -2.64. The molecule has 1 aromatic carbocycles. The van der Waals surface area contributed by atoms with Gasteiger partial charge in [0.25, 0.3) is 5.69 Å². The molecule has 0 saturated carbocycles. The molecule has 0 aliphatic carbocycles. The second-order valence-corrected chi connectivity index (χ2v) is 3.76. The Morgan fingerprint density at radius 3 is 2.20 bits per heavy atom. The molecule has 8 heteroatoms. The second-order valence-electron chi connectivity index (χ2n) is 3.76. The van der Waals surface area contributed by atoms with Crippen LogP contribution in [0.3, 0.4) is 0 Å². The van der Waals surface area contributed by atoms with Gasteiger partial charge in [-0.3, -0.25) is 10.1 Å². The number of non-ortho nitro benzene ring substituents is 1. The zero-order valence-corrected chi connectivity index (χ0v) is 9.91. The number of halogens is 3. The third-order valence-corrected chi connectivity index (χ3v) is 2.45. The molecular formula is C12H8F3N3O2. The lowest BCUT2D eigenvalue weighted by Gasteiger charge is -2.25. The number of nitro benzene ring substituents is 1. The molecule has 0 aliphatic rings. The fourth-order valence-electron chi connectivity index (χ4n) is 1.62. The largest absolute Gasteiger partial charge is 0.490 e. The average Bonchev–Trinajstić information content (AvgIpc) is 2.39. The number of hydrogen-bond acceptors (Lipinski definition) is 4. The summed E-state index contributed by atoms with van der Waals surface area (Å²) in [5.74, 6) is -0.311. The van der Waals surface area contributed by atoms with E-state index in [0.29, 0.717) is 0 Å². The fourth-order valence-corrected chi connectivity index (χ4v) is 1.62. The highest BCUT2D eigenvalue weighted by Gasteiger charge is 2.39. The van der Waals surface area contributed by atoms with Crippen LogP contribution < -0.4 is 4.90 Å². The lowest BCUT2D eigenvalue weighted by molar-refractivity contribution is -0.384. The number of nitrogens with zero attached hydrogens (tertiary/aromatic N) is 3. The molecule has 0 saturated heterocycles. The van der Waals surface area contributed by atoms with Crippen molar-refractivity contribution in [1.82, 2.24) is 4.98 Å². The molecule has 0 unspecified atom stereocenters. The number of nitro groups is 1. The molecule has 0 aliphatic heterocycles. The topological polar surface area (TPSA) is 59.3 Å². The van der Waals surface area contributed by atoms with E-state index >= 15 is 0 Å². The minimum atomic E-state index is -4.69. The smallest absolute Gasteiger partial charge is 0.258 e. The summed E-state index contributed by atoms with van der Waals surface area (Å²) in [7, 11) is 0. The summed E-state index contributed by atoms with van der Waals surface area (Å²) >= 11 is 0. The Morgan fingerprint density at radius 1 is 1.10 bits per heavy atom. The highest BCUT2D eigenvalue weighted by Crippen LogP contribution is 2.35. The first-order valence-corrected chi connectivity index (χ1v) is 5.42. The number of anilines is 2. The van der Waals surface area contributed by atoms with E-state index in [0.717, 1.165) is 24.3 Å². The van der Waals surface area contributed by atoms with Crippen LogP contribution in [0.4, 0.5) is 30.4 Å². The van der Waals surface area contributed by atoms with Crippen LogP contribution in [-0.4, -0.2) is 16.2 Å². The maximum Gasteiger partial charge on any atom is 0.490 e. The summed E-state index contributed by atoms with van der Waals surface area (Å²) in [4.78, 5) is 13.5. The van der Waals surface area contributed by atoms with E-state index in [1.165, 1.54) is 24.4 Å². The third-order valence-electron chi connectivity index (χ3n) is 2.45. The van der Waals surface area contributed by atoms with Crippen molar-refractivity contribution in [2.45, 2.75) is 6.30 Å². The number of alkyl halides is 3. The number of pyridine rings is 1. The summed E-state index contributed by atoms with van der Waals surface area (Å²) < 4.78 is 39.3. The predicted octanol–water partition coefficient (Wildman–Crippen LogP) is 3.65. The van der Waals surface area contributed by atoms with Crippen LogP contribution in [0.15, 0.2) is 48.7 Å². The Bertz CT molecular complexity index is 600. The van der Waals surface area contributed by atoms with Crippen molar-refractivity contribution in [2.24, 2.45) is 0 Å². The highest BCUT2D eigenvalue weighted by atomic mass is 19.4. The summed E-state index contributed by atoms with van der Waals surface area (Å²) in [6.45, 7) is 0. The molecule has 20 heavy (non-hydrogen) atoms. The maximum atomic E-state index is 13.1. The normalized spacial score (nSPS) is 11.2. The monoisotopic (exact) mass is 283 g/mol. The van der Waals surface area contributed by atoms with Gasteiger partial charge in [-0.1, -0.05) is 6.07 Å². The van der Waals surface area contributed by atoms with Crippen LogP contribution in [0.5, 0.6) is 0 Å². The van der Waals surface area contributed by atoms with Gasteiger partial charge in [0.15, 0.2) is 0 Å². The Balaban J connectivity index is 2.45. The number of aromatic nitrogens is 1. The van der Waals surface area contributed by atoms with Gasteiger partial charge < -0.3 is 0 Å². The van der Waals surface area contributed by atoms with E-state index in [1.807, 2.05) is 0 Å². The standard InChI is InChI=1S/C12H8F3N3O2/c13-12(14,15)17(11-3-1-2-8-16-11)9-4-6-10(7-5-9)18(19)20/h1-8H. The zero-order valence-electron chi connectivity index (χ0n) is 9.91. The molecule has 5 nitrogen and oxygen atoms in total. The Labute approximate surface area is 111 Å². The third kappa shape index (κ3) is 2.85. The van der Waals surface area contributed by atoms with Crippen molar-refractivity contribution < 1.29 is 18.1 Å². The first-order valence-electron chi connectivity index (χ1n) is 5.42. The van der Waals surface area contributed by atoms with Crippen molar-refractivity contribution in [1.29, 1.82) is 0 Å². The van der Waals surface area contributed by atoms with Crippen LogP contribution in [0, 0.1) is 10.1 Å². The van der Waals surface area contributed by atoms with E-state index in [9.17, 15) is 23.3 Å². The SMILES string of the molecule is O=[N+]([O-])c1ccc(N(c2ccccn2)C(F)(F)F)cc1. The second kappa shape index (κ2) is 5.16. The van der Waals surface area contributed by atoms with Gasteiger partial charge in [-0.15, -0.1) is 13.2 Å². The van der Waals surface area contributed by atoms with Crippen molar-refractivity contribution >= 4 is 17.2 Å². The molecule has 0 amide bonds. The van der Waals surface area contributed by atoms with E-state index < -0.39 is 11.2 Å². The van der Waals surface area contributed by atoms with E-state index in [1.54, 1.807) is 0 Å². The Kier molecular flexibility index (Phi) is 3.55. The summed E-state index contributed by atoms with van der Waals surface area (Å²) in [5, 5.41) is 10.5. The minimum Gasteiger partial charge on any atom is -0.258 e. The van der Waals surface area contributed by atoms with Crippen molar-refractivity contribution in [3.05, 3.63) is 58.8 Å². The fraction of sp³-hybridized carbons (Fsp3) is 0.0833. The molecule has 0 fully saturated rings. The molecule has 0 spiro atoms. The maximum absolute atomic E-state index is 13.1. The van der Waals surface area contributed by atoms with E-state index in [4.69, 9.17) is 0 Å². The first-order chi connectivity index (χ1) is 9.39. The predicted molar refractivity (Wildman–Crippen MR) is 65.5 cm³/mol. The van der Waals surface area contributed by atoms with Gasteiger partial charge in [-0.25, -0.2) is 9.88 Å². The number of rotatable bonds is 3. The number of benzene rings is 1. The molecular weight excluding hydrogens is 275 g/mol. The summed E-state index contributed by atoms with van der Waals surface area (Å²) in [6.07, 6.45) is -3.45. The molecule has 2 rings (SSSR count). The summed E-state index contributed by atoms with van der Waals surface area (Å²) in [5.41, 5.74) is -0.529. The van der Waals surface area contributed by atoms with Crippen molar-refractivity contribution in [3.8, 4) is 0 Å². The molecule has 0 bridgehead atoms.